The average Bonchev–Trinajstić information content (AvgIpc) is 2.70. The monoisotopic (exact) mass is 398 g/mol. The van der Waals surface area contributed by atoms with Crippen LogP contribution in [0, 0.1) is 13.8 Å². The number of likely N-dealkylation sites (N-methyl/N-ethyl adjacent to an activating group) is 1. The van der Waals surface area contributed by atoms with Crippen LogP contribution in [0.4, 0.5) is 5.69 Å². The van der Waals surface area contributed by atoms with Gasteiger partial charge in [0, 0.05) is 18.3 Å². The molecule has 29 heavy (non-hydrogen) atoms. The molecule has 2 aromatic carbocycles. The number of hydrogen-bond acceptors (Lipinski definition) is 4. The maximum Gasteiger partial charge on any atom is 0.254 e. The van der Waals surface area contributed by atoms with E-state index < -0.39 is 0 Å². The number of ether oxygens (including phenoxy) is 2. The Labute approximate surface area is 172 Å². The van der Waals surface area contributed by atoms with E-state index in [4.69, 9.17) is 9.47 Å². The van der Waals surface area contributed by atoms with Crippen LogP contribution in [-0.4, -0.2) is 43.5 Å². The first kappa shape index (κ1) is 22.3. The largest absolute Gasteiger partial charge is 0.490 e. The standard InChI is InChI=1S/C23H30N2O4/c1-6-13-29-20-12-11-18(14-21(20)28-7-2)23(27)25(5)15-22(26)24-19-10-8-9-16(3)17(19)4/h8-12,14H,6-7,13,15H2,1-5H3,(H,24,26). The van der Waals surface area contributed by atoms with Crippen LogP contribution >= 0.6 is 0 Å². The van der Waals surface area contributed by atoms with E-state index in [0.29, 0.717) is 30.3 Å². The molecule has 0 spiro atoms. The number of nitrogens with zero attached hydrogens (tertiary/aromatic N) is 1. The summed E-state index contributed by atoms with van der Waals surface area (Å²) in [6.07, 6.45) is 0.879. The molecule has 0 aliphatic carbocycles. The molecule has 2 rings (SSSR count). The van der Waals surface area contributed by atoms with Crippen LogP contribution in [0.15, 0.2) is 36.4 Å². The summed E-state index contributed by atoms with van der Waals surface area (Å²) in [6, 6.07) is 10.8. The van der Waals surface area contributed by atoms with Crippen molar-refractivity contribution in [2.75, 3.05) is 32.1 Å². The molecule has 0 fully saturated rings. The number of nitrogens with one attached hydrogen (secondary N) is 1. The molecule has 0 heterocycles. The molecule has 6 nitrogen and oxygen atoms in total. The molecular formula is C23H30N2O4. The predicted octanol–water partition coefficient (Wildman–Crippen LogP) is 4.20. The van der Waals surface area contributed by atoms with E-state index in [1.807, 2.05) is 45.9 Å². The fraction of sp³-hybridized carbons (Fsp3) is 0.391. The highest BCUT2D eigenvalue weighted by Crippen LogP contribution is 2.29. The van der Waals surface area contributed by atoms with Crippen LogP contribution in [0.3, 0.4) is 0 Å². The molecule has 0 saturated carbocycles. The highest BCUT2D eigenvalue weighted by atomic mass is 16.5. The quantitative estimate of drug-likeness (QED) is 0.687. The summed E-state index contributed by atoms with van der Waals surface area (Å²) in [5, 5.41) is 2.87. The van der Waals surface area contributed by atoms with Crippen molar-refractivity contribution in [3.05, 3.63) is 53.1 Å². The Morgan fingerprint density at radius 1 is 1.03 bits per heavy atom. The van der Waals surface area contributed by atoms with Crippen molar-refractivity contribution >= 4 is 17.5 Å². The SMILES string of the molecule is CCCOc1ccc(C(=O)N(C)CC(=O)Nc2cccc(C)c2C)cc1OCC. The third kappa shape index (κ3) is 5.98. The van der Waals surface area contributed by atoms with Gasteiger partial charge in [-0.3, -0.25) is 9.59 Å². The van der Waals surface area contributed by atoms with E-state index in [1.165, 1.54) is 4.90 Å². The Balaban J connectivity index is 2.07. The summed E-state index contributed by atoms with van der Waals surface area (Å²) >= 11 is 0. The number of carbonyl (C=O) groups is 2. The second-order valence-corrected chi connectivity index (χ2v) is 6.90. The van der Waals surface area contributed by atoms with Gasteiger partial charge in [-0.15, -0.1) is 0 Å². The lowest BCUT2D eigenvalue weighted by molar-refractivity contribution is -0.116. The molecular weight excluding hydrogens is 368 g/mol. The lowest BCUT2D eigenvalue weighted by Gasteiger charge is -2.19. The van der Waals surface area contributed by atoms with Crippen molar-refractivity contribution in [1.82, 2.24) is 4.90 Å². The van der Waals surface area contributed by atoms with Crippen LogP contribution in [0.25, 0.3) is 0 Å². The molecule has 0 saturated heterocycles. The minimum Gasteiger partial charge on any atom is -0.490 e. The number of carbonyl (C=O) groups excluding carboxylic acids is 2. The number of hydrogen-bond donors (Lipinski definition) is 1. The molecule has 0 aliphatic heterocycles. The lowest BCUT2D eigenvalue weighted by Crippen LogP contribution is -2.35. The number of amides is 2. The van der Waals surface area contributed by atoms with Crippen molar-refractivity contribution in [2.45, 2.75) is 34.1 Å². The molecule has 0 atom stereocenters. The molecule has 6 heteroatoms. The maximum absolute atomic E-state index is 12.8. The van der Waals surface area contributed by atoms with Gasteiger partial charge in [0.1, 0.15) is 0 Å². The first-order chi connectivity index (χ1) is 13.9. The van der Waals surface area contributed by atoms with E-state index in [9.17, 15) is 9.59 Å². The molecule has 1 N–H and O–H groups in total. The van der Waals surface area contributed by atoms with Gasteiger partial charge in [-0.2, -0.15) is 0 Å². The molecule has 0 bridgehead atoms. The number of anilines is 1. The van der Waals surface area contributed by atoms with Gasteiger partial charge in [-0.05, 0) is 62.6 Å². The van der Waals surface area contributed by atoms with Crippen LogP contribution in [0.2, 0.25) is 0 Å². The van der Waals surface area contributed by atoms with Gasteiger partial charge in [0.25, 0.3) is 5.91 Å². The van der Waals surface area contributed by atoms with Crippen LogP contribution in [0.1, 0.15) is 41.8 Å². The Kier molecular flexibility index (Phi) is 8.07. The summed E-state index contributed by atoms with van der Waals surface area (Å²) in [7, 11) is 1.60. The van der Waals surface area contributed by atoms with Crippen LogP contribution < -0.4 is 14.8 Å². The maximum atomic E-state index is 12.8. The first-order valence-electron chi connectivity index (χ1n) is 9.88. The molecule has 156 valence electrons. The minimum atomic E-state index is -0.260. The summed E-state index contributed by atoms with van der Waals surface area (Å²) in [5.74, 6) is 0.632. The van der Waals surface area contributed by atoms with Crippen molar-refractivity contribution in [1.29, 1.82) is 0 Å². The Hall–Kier alpha value is -3.02. The van der Waals surface area contributed by atoms with Gasteiger partial charge in [0.15, 0.2) is 11.5 Å². The fourth-order valence-corrected chi connectivity index (χ4v) is 2.82. The lowest BCUT2D eigenvalue weighted by atomic mass is 10.1. The Bertz CT molecular complexity index is 864. The average molecular weight is 399 g/mol. The summed E-state index contributed by atoms with van der Waals surface area (Å²) in [4.78, 5) is 26.6. The van der Waals surface area contributed by atoms with E-state index >= 15 is 0 Å². The van der Waals surface area contributed by atoms with Gasteiger partial charge >= 0.3 is 0 Å². The van der Waals surface area contributed by atoms with Crippen molar-refractivity contribution in [2.24, 2.45) is 0 Å². The molecule has 0 unspecified atom stereocenters. The van der Waals surface area contributed by atoms with Gasteiger partial charge in [-0.1, -0.05) is 19.1 Å². The summed E-state index contributed by atoms with van der Waals surface area (Å²) < 4.78 is 11.3. The Morgan fingerprint density at radius 2 is 1.79 bits per heavy atom. The molecule has 2 aromatic rings. The first-order valence-corrected chi connectivity index (χ1v) is 9.88. The number of rotatable bonds is 9. The molecule has 0 radical (unpaired) electrons. The van der Waals surface area contributed by atoms with Gasteiger partial charge in [-0.25, -0.2) is 0 Å². The minimum absolute atomic E-state index is 0.0513. The van der Waals surface area contributed by atoms with E-state index in [2.05, 4.69) is 5.32 Å². The van der Waals surface area contributed by atoms with Crippen LogP contribution in [0.5, 0.6) is 11.5 Å². The topological polar surface area (TPSA) is 67.9 Å². The normalized spacial score (nSPS) is 10.4. The molecule has 0 aliphatic rings. The number of benzene rings is 2. The van der Waals surface area contributed by atoms with E-state index in [-0.39, 0.29) is 18.4 Å². The van der Waals surface area contributed by atoms with E-state index in [1.54, 1.807) is 25.2 Å². The third-order valence-electron chi connectivity index (χ3n) is 4.56. The number of aryl methyl sites for hydroxylation is 1. The van der Waals surface area contributed by atoms with Crippen LogP contribution in [-0.2, 0) is 4.79 Å². The Morgan fingerprint density at radius 3 is 2.48 bits per heavy atom. The zero-order valence-corrected chi connectivity index (χ0v) is 17.9. The highest BCUT2D eigenvalue weighted by Gasteiger charge is 2.18. The second kappa shape index (κ2) is 10.5. The highest BCUT2D eigenvalue weighted by molar-refractivity contribution is 5.99. The van der Waals surface area contributed by atoms with Gasteiger partial charge in [0.05, 0.1) is 19.8 Å². The third-order valence-corrected chi connectivity index (χ3v) is 4.56. The van der Waals surface area contributed by atoms with Crippen molar-refractivity contribution in [3.8, 4) is 11.5 Å². The van der Waals surface area contributed by atoms with Crippen molar-refractivity contribution < 1.29 is 19.1 Å². The van der Waals surface area contributed by atoms with Gasteiger partial charge in [0.2, 0.25) is 5.91 Å². The fourth-order valence-electron chi connectivity index (χ4n) is 2.82. The van der Waals surface area contributed by atoms with Gasteiger partial charge < -0.3 is 19.7 Å². The zero-order chi connectivity index (χ0) is 21.4. The smallest absolute Gasteiger partial charge is 0.254 e. The molecule has 2 amide bonds. The molecule has 0 aromatic heterocycles. The van der Waals surface area contributed by atoms with E-state index in [0.717, 1.165) is 23.2 Å². The second-order valence-electron chi connectivity index (χ2n) is 6.90. The summed E-state index contributed by atoms with van der Waals surface area (Å²) in [6.45, 7) is 8.84. The zero-order valence-electron chi connectivity index (χ0n) is 17.9. The summed E-state index contributed by atoms with van der Waals surface area (Å²) in [5.41, 5.74) is 3.31. The predicted molar refractivity (Wildman–Crippen MR) is 115 cm³/mol. The van der Waals surface area contributed by atoms with Crippen molar-refractivity contribution in [3.63, 3.8) is 0 Å².